The van der Waals surface area contributed by atoms with Crippen LogP contribution in [0.4, 0.5) is 17.1 Å². The van der Waals surface area contributed by atoms with Crippen LogP contribution in [0.25, 0.3) is 33.7 Å². The molecular weight excluding hydrogens is 422 g/mol. The summed E-state index contributed by atoms with van der Waals surface area (Å²) in [6, 6.07) is 49.5. The standard InChI is InChI=1S/C34H25N/c1-3-11-32(12-4-1)35(33-13-5-2-6-14-33)34-21-18-26(19-22-34)15-16-27-17-20-30-24-28-9-7-8-10-29(28)25-31(30)23-27/h1-25H/b16-15+. The maximum Gasteiger partial charge on any atom is 0.0462 e. The molecule has 0 spiro atoms. The molecule has 0 heterocycles. The number of para-hydroxylation sites is 2. The fourth-order valence-electron chi connectivity index (χ4n) is 4.59. The van der Waals surface area contributed by atoms with Crippen molar-refractivity contribution in [2.24, 2.45) is 0 Å². The van der Waals surface area contributed by atoms with Crippen LogP contribution >= 0.6 is 0 Å². The van der Waals surface area contributed by atoms with Crippen molar-refractivity contribution in [1.29, 1.82) is 0 Å². The van der Waals surface area contributed by atoms with Gasteiger partial charge in [-0.25, -0.2) is 0 Å². The molecule has 0 fully saturated rings. The first-order valence-corrected chi connectivity index (χ1v) is 11.9. The Labute approximate surface area is 206 Å². The molecule has 166 valence electrons. The van der Waals surface area contributed by atoms with E-state index in [1.165, 1.54) is 32.7 Å². The minimum absolute atomic E-state index is 1.14. The number of hydrogen-bond donors (Lipinski definition) is 0. The van der Waals surface area contributed by atoms with Gasteiger partial charge in [-0.1, -0.05) is 97.1 Å². The van der Waals surface area contributed by atoms with Crippen LogP contribution in [-0.4, -0.2) is 0 Å². The molecule has 0 aromatic heterocycles. The van der Waals surface area contributed by atoms with Crippen molar-refractivity contribution in [2.45, 2.75) is 0 Å². The highest BCUT2D eigenvalue weighted by atomic mass is 15.1. The first-order valence-electron chi connectivity index (χ1n) is 11.9. The Morgan fingerprint density at radius 3 is 1.43 bits per heavy atom. The molecule has 0 radical (unpaired) electrons. The van der Waals surface area contributed by atoms with Crippen LogP contribution < -0.4 is 4.90 Å². The third-order valence-corrected chi connectivity index (χ3v) is 6.38. The average Bonchev–Trinajstić information content (AvgIpc) is 2.93. The topological polar surface area (TPSA) is 3.24 Å². The van der Waals surface area contributed by atoms with Crippen molar-refractivity contribution in [2.75, 3.05) is 4.90 Å². The predicted octanol–water partition coefficient (Wildman–Crippen LogP) is 9.63. The van der Waals surface area contributed by atoms with Crippen LogP contribution in [0.5, 0.6) is 0 Å². The summed E-state index contributed by atoms with van der Waals surface area (Å²) in [6.45, 7) is 0. The minimum Gasteiger partial charge on any atom is -0.311 e. The first kappa shape index (κ1) is 20.9. The Balaban J connectivity index is 1.28. The van der Waals surface area contributed by atoms with Crippen molar-refractivity contribution in [3.8, 4) is 0 Å². The molecule has 0 saturated heterocycles. The maximum absolute atomic E-state index is 2.28. The Morgan fingerprint density at radius 2 is 0.800 bits per heavy atom. The third-order valence-electron chi connectivity index (χ3n) is 6.38. The Bertz CT molecular complexity index is 1580. The second-order valence-electron chi connectivity index (χ2n) is 8.74. The molecule has 0 atom stereocenters. The SMILES string of the molecule is C(=C\c1ccc2cc3ccccc3cc2c1)/c1ccc(N(c2ccccc2)c2ccccc2)cc1. The number of hydrogen-bond acceptors (Lipinski definition) is 1. The summed E-state index contributed by atoms with van der Waals surface area (Å²) in [6.07, 6.45) is 4.37. The normalized spacial score (nSPS) is 11.3. The zero-order valence-corrected chi connectivity index (χ0v) is 19.4. The van der Waals surface area contributed by atoms with E-state index < -0.39 is 0 Å². The molecule has 1 heteroatoms. The zero-order valence-electron chi connectivity index (χ0n) is 19.4. The lowest BCUT2D eigenvalue weighted by molar-refractivity contribution is 1.28. The highest BCUT2D eigenvalue weighted by molar-refractivity contribution is 5.99. The van der Waals surface area contributed by atoms with E-state index in [9.17, 15) is 0 Å². The predicted molar refractivity (Wildman–Crippen MR) is 152 cm³/mol. The largest absolute Gasteiger partial charge is 0.311 e. The number of anilines is 3. The lowest BCUT2D eigenvalue weighted by Crippen LogP contribution is -2.09. The molecule has 0 aliphatic rings. The summed E-state index contributed by atoms with van der Waals surface area (Å²) in [5.74, 6) is 0. The second kappa shape index (κ2) is 9.32. The van der Waals surface area contributed by atoms with Gasteiger partial charge in [-0.15, -0.1) is 0 Å². The van der Waals surface area contributed by atoms with Crippen molar-refractivity contribution < 1.29 is 0 Å². The van der Waals surface area contributed by atoms with Gasteiger partial charge in [-0.2, -0.15) is 0 Å². The summed E-state index contributed by atoms with van der Waals surface area (Å²) in [5.41, 5.74) is 5.80. The van der Waals surface area contributed by atoms with Crippen LogP contribution in [0.2, 0.25) is 0 Å². The van der Waals surface area contributed by atoms with E-state index in [1.54, 1.807) is 0 Å². The van der Waals surface area contributed by atoms with E-state index in [1.807, 2.05) is 0 Å². The summed E-state index contributed by atoms with van der Waals surface area (Å²) < 4.78 is 0. The molecule has 0 aliphatic carbocycles. The Hall–Kier alpha value is -4.62. The van der Waals surface area contributed by atoms with E-state index in [2.05, 4.69) is 157 Å². The van der Waals surface area contributed by atoms with Gasteiger partial charge in [0.2, 0.25) is 0 Å². The van der Waals surface area contributed by atoms with E-state index >= 15 is 0 Å². The average molecular weight is 448 g/mol. The lowest BCUT2D eigenvalue weighted by Gasteiger charge is -2.25. The number of rotatable bonds is 5. The molecule has 0 bridgehead atoms. The third kappa shape index (κ3) is 4.45. The van der Waals surface area contributed by atoms with Crippen LogP contribution in [0, 0.1) is 0 Å². The van der Waals surface area contributed by atoms with Crippen molar-refractivity contribution in [1.82, 2.24) is 0 Å². The van der Waals surface area contributed by atoms with Gasteiger partial charge in [0, 0.05) is 17.1 Å². The maximum atomic E-state index is 2.28. The molecule has 0 amide bonds. The molecule has 6 rings (SSSR count). The first-order chi connectivity index (χ1) is 17.3. The van der Waals surface area contributed by atoms with E-state index in [-0.39, 0.29) is 0 Å². The smallest absolute Gasteiger partial charge is 0.0462 e. The number of benzene rings is 6. The zero-order chi connectivity index (χ0) is 23.5. The van der Waals surface area contributed by atoms with Crippen molar-refractivity contribution in [3.63, 3.8) is 0 Å². The molecule has 0 aliphatic heterocycles. The highest BCUT2D eigenvalue weighted by Crippen LogP contribution is 2.34. The second-order valence-corrected chi connectivity index (χ2v) is 8.74. The van der Waals surface area contributed by atoms with Gasteiger partial charge in [0.05, 0.1) is 0 Å². The summed E-state index contributed by atoms with van der Waals surface area (Å²) in [5, 5.41) is 5.09. The van der Waals surface area contributed by atoms with Crippen LogP contribution in [0.15, 0.2) is 140 Å². The van der Waals surface area contributed by atoms with Crippen LogP contribution in [0.1, 0.15) is 11.1 Å². The molecular formula is C34H25N. The van der Waals surface area contributed by atoms with Gasteiger partial charge in [0.1, 0.15) is 0 Å². The van der Waals surface area contributed by atoms with Gasteiger partial charge < -0.3 is 4.90 Å². The molecule has 6 aromatic carbocycles. The Morgan fingerprint density at radius 1 is 0.343 bits per heavy atom. The van der Waals surface area contributed by atoms with Crippen molar-refractivity contribution >= 4 is 50.8 Å². The molecule has 0 unspecified atom stereocenters. The van der Waals surface area contributed by atoms with Crippen molar-refractivity contribution in [3.05, 3.63) is 151 Å². The van der Waals surface area contributed by atoms with Gasteiger partial charge in [0.15, 0.2) is 0 Å². The molecule has 0 N–H and O–H groups in total. The van der Waals surface area contributed by atoms with Gasteiger partial charge in [-0.05, 0) is 87.3 Å². The quantitative estimate of drug-likeness (QED) is 0.188. The minimum atomic E-state index is 1.14. The number of nitrogens with zero attached hydrogens (tertiary/aromatic N) is 1. The highest BCUT2D eigenvalue weighted by Gasteiger charge is 2.11. The van der Waals surface area contributed by atoms with Gasteiger partial charge >= 0.3 is 0 Å². The molecule has 1 nitrogen and oxygen atoms in total. The lowest BCUT2D eigenvalue weighted by atomic mass is 10.0. The number of fused-ring (bicyclic) bond motifs is 2. The summed E-state index contributed by atoms with van der Waals surface area (Å²) in [7, 11) is 0. The molecule has 35 heavy (non-hydrogen) atoms. The molecule has 6 aromatic rings. The monoisotopic (exact) mass is 447 g/mol. The summed E-state index contributed by atoms with van der Waals surface area (Å²) in [4.78, 5) is 2.28. The van der Waals surface area contributed by atoms with E-state index in [0.29, 0.717) is 0 Å². The van der Waals surface area contributed by atoms with E-state index in [4.69, 9.17) is 0 Å². The fraction of sp³-hybridized carbons (Fsp3) is 0. The Kier molecular flexibility index (Phi) is 5.58. The van der Waals surface area contributed by atoms with Gasteiger partial charge in [0.25, 0.3) is 0 Å². The molecule has 0 saturated carbocycles. The van der Waals surface area contributed by atoms with E-state index in [0.717, 1.165) is 17.1 Å². The fourth-order valence-corrected chi connectivity index (χ4v) is 4.59. The summed E-state index contributed by atoms with van der Waals surface area (Å²) >= 11 is 0. The van der Waals surface area contributed by atoms with Gasteiger partial charge in [-0.3, -0.25) is 0 Å². The van der Waals surface area contributed by atoms with Crippen LogP contribution in [-0.2, 0) is 0 Å². The van der Waals surface area contributed by atoms with Crippen LogP contribution in [0.3, 0.4) is 0 Å².